The second-order valence-electron chi connectivity index (χ2n) is 8.91. The third-order valence-corrected chi connectivity index (χ3v) is 7.03. The van der Waals surface area contributed by atoms with Gasteiger partial charge in [-0.15, -0.1) is 0 Å². The number of ether oxygens (including phenoxy) is 1. The molecule has 9 heteroatoms. The summed E-state index contributed by atoms with van der Waals surface area (Å²) in [5.74, 6) is -0.504. The number of imide groups is 1. The van der Waals surface area contributed by atoms with Gasteiger partial charge in [0.2, 0.25) is 11.8 Å². The van der Waals surface area contributed by atoms with Gasteiger partial charge in [0.25, 0.3) is 11.8 Å². The normalized spacial score (nSPS) is 28.2. The summed E-state index contributed by atoms with van der Waals surface area (Å²) in [4.78, 5) is 55.7. The molecule has 3 fully saturated rings. The molecule has 1 aromatic rings. The Labute approximate surface area is 180 Å². The number of piperidine rings is 2. The Morgan fingerprint density at radius 3 is 2.77 bits per heavy atom. The van der Waals surface area contributed by atoms with E-state index in [0.717, 1.165) is 23.5 Å². The molecule has 4 aliphatic rings. The van der Waals surface area contributed by atoms with Crippen LogP contribution in [0.5, 0.6) is 0 Å². The van der Waals surface area contributed by atoms with Gasteiger partial charge in [-0.05, 0) is 36.5 Å². The van der Waals surface area contributed by atoms with Crippen molar-refractivity contribution in [3.05, 3.63) is 29.3 Å². The van der Waals surface area contributed by atoms with Gasteiger partial charge in [0.05, 0.1) is 6.61 Å². The first kappa shape index (κ1) is 20.0. The van der Waals surface area contributed by atoms with Crippen molar-refractivity contribution in [3.63, 3.8) is 0 Å². The van der Waals surface area contributed by atoms with Crippen molar-refractivity contribution in [2.45, 2.75) is 31.8 Å². The van der Waals surface area contributed by atoms with Crippen LogP contribution in [0.4, 0.5) is 5.69 Å². The van der Waals surface area contributed by atoms with E-state index in [4.69, 9.17) is 10.5 Å². The number of likely N-dealkylation sites (tertiary alicyclic amines) is 2. The number of fused-ring (bicyclic) bond motifs is 2. The summed E-state index contributed by atoms with van der Waals surface area (Å²) in [7, 11) is 0. The van der Waals surface area contributed by atoms with E-state index in [0.29, 0.717) is 49.3 Å². The van der Waals surface area contributed by atoms with E-state index in [1.54, 1.807) is 23.1 Å². The van der Waals surface area contributed by atoms with Crippen LogP contribution in [0.25, 0.3) is 0 Å². The van der Waals surface area contributed by atoms with Crippen molar-refractivity contribution in [1.29, 1.82) is 0 Å². The minimum Gasteiger partial charge on any atom is -0.399 e. The molecule has 3 atom stereocenters. The molecule has 0 bridgehead atoms. The molecule has 4 heterocycles. The predicted octanol–water partition coefficient (Wildman–Crippen LogP) is 0.237. The molecule has 9 nitrogen and oxygen atoms in total. The van der Waals surface area contributed by atoms with Crippen LogP contribution in [0.3, 0.4) is 0 Å². The summed E-state index contributed by atoms with van der Waals surface area (Å²) in [5, 5.41) is 0. The molecule has 1 aromatic carbocycles. The van der Waals surface area contributed by atoms with Crippen LogP contribution in [0, 0.1) is 11.8 Å². The number of nitrogens with zero attached hydrogens (tertiary/aromatic N) is 3. The number of benzene rings is 1. The fraction of sp³-hybridized carbons (Fsp3) is 0.545. The quantitative estimate of drug-likeness (QED) is 0.547. The van der Waals surface area contributed by atoms with Gasteiger partial charge < -0.3 is 20.3 Å². The van der Waals surface area contributed by atoms with Gasteiger partial charge in [0.1, 0.15) is 12.6 Å². The molecule has 4 aliphatic heterocycles. The molecule has 31 heavy (non-hydrogen) atoms. The smallest absolute Gasteiger partial charge is 0.255 e. The maximum Gasteiger partial charge on any atom is 0.255 e. The highest BCUT2D eigenvalue weighted by atomic mass is 16.5. The van der Waals surface area contributed by atoms with E-state index in [1.165, 1.54) is 4.90 Å². The first-order chi connectivity index (χ1) is 14.9. The fourth-order valence-electron chi connectivity index (χ4n) is 5.19. The topological polar surface area (TPSA) is 113 Å². The van der Waals surface area contributed by atoms with Crippen LogP contribution in [0.15, 0.2) is 18.2 Å². The van der Waals surface area contributed by atoms with Crippen molar-refractivity contribution in [1.82, 2.24) is 14.7 Å². The minimum absolute atomic E-state index is 0.129. The second kappa shape index (κ2) is 7.64. The standard InChI is InChI=1S/C22H26N4O5/c23-16-2-1-13-9-25(21(29)17(13)7-16)18-3-4-19(27)26(22(18)30)10-20(28)24-6-5-14-11-31-12-15(14)8-24/h1-2,7,14-15,18H,3-6,8-12,23H2. The first-order valence-electron chi connectivity index (χ1n) is 10.8. The van der Waals surface area contributed by atoms with Crippen molar-refractivity contribution in [3.8, 4) is 0 Å². The van der Waals surface area contributed by atoms with Crippen LogP contribution in [0.2, 0.25) is 0 Å². The summed E-state index contributed by atoms with van der Waals surface area (Å²) in [5.41, 5.74) is 7.60. The van der Waals surface area contributed by atoms with Crippen LogP contribution in [-0.4, -0.2) is 77.2 Å². The fourth-order valence-corrected chi connectivity index (χ4v) is 5.19. The van der Waals surface area contributed by atoms with E-state index in [-0.39, 0.29) is 37.1 Å². The number of hydrogen-bond donors (Lipinski definition) is 1. The van der Waals surface area contributed by atoms with Gasteiger partial charge >= 0.3 is 0 Å². The Kier molecular flexibility index (Phi) is 4.92. The highest BCUT2D eigenvalue weighted by molar-refractivity contribution is 6.07. The zero-order chi connectivity index (χ0) is 21.7. The average Bonchev–Trinajstić information content (AvgIpc) is 3.35. The lowest BCUT2D eigenvalue weighted by Gasteiger charge is -2.38. The van der Waals surface area contributed by atoms with Gasteiger partial charge in [-0.3, -0.25) is 24.1 Å². The Hall–Kier alpha value is -2.94. The highest BCUT2D eigenvalue weighted by Crippen LogP contribution is 2.31. The Morgan fingerprint density at radius 2 is 1.94 bits per heavy atom. The summed E-state index contributed by atoms with van der Waals surface area (Å²) in [6.45, 7) is 2.65. The molecular formula is C22H26N4O5. The second-order valence-corrected chi connectivity index (χ2v) is 8.91. The lowest BCUT2D eigenvalue weighted by molar-refractivity contribution is -0.156. The number of carbonyl (C=O) groups is 4. The number of carbonyl (C=O) groups excluding carboxylic acids is 4. The van der Waals surface area contributed by atoms with Gasteiger partial charge in [-0.2, -0.15) is 0 Å². The lowest BCUT2D eigenvalue weighted by atomic mass is 9.88. The van der Waals surface area contributed by atoms with Crippen LogP contribution >= 0.6 is 0 Å². The van der Waals surface area contributed by atoms with Crippen LogP contribution < -0.4 is 5.73 Å². The number of nitrogens with two attached hydrogens (primary N) is 1. The van der Waals surface area contributed by atoms with Crippen LogP contribution in [-0.2, 0) is 25.7 Å². The Bertz CT molecular complexity index is 963. The van der Waals surface area contributed by atoms with Gasteiger partial charge in [-0.25, -0.2) is 0 Å². The molecule has 3 unspecified atom stereocenters. The molecule has 0 saturated carbocycles. The van der Waals surface area contributed by atoms with Crippen LogP contribution in [0.1, 0.15) is 35.2 Å². The summed E-state index contributed by atoms with van der Waals surface area (Å²) >= 11 is 0. The number of hydrogen-bond acceptors (Lipinski definition) is 6. The molecule has 0 aliphatic carbocycles. The van der Waals surface area contributed by atoms with Crippen molar-refractivity contribution < 1.29 is 23.9 Å². The maximum absolute atomic E-state index is 13.2. The monoisotopic (exact) mass is 426 g/mol. The SMILES string of the molecule is Nc1ccc2c(c1)C(=O)N(C1CCC(=O)N(CC(=O)N3CCC4COCC4C3)C1=O)C2. The van der Waals surface area contributed by atoms with E-state index < -0.39 is 11.9 Å². The van der Waals surface area contributed by atoms with E-state index in [1.807, 2.05) is 0 Å². The van der Waals surface area contributed by atoms with Gasteiger partial charge in [0.15, 0.2) is 0 Å². The molecule has 4 amide bonds. The van der Waals surface area contributed by atoms with Gasteiger partial charge in [-0.1, -0.05) is 6.07 Å². The zero-order valence-corrected chi connectivity index (χ0v) is 17.3. The number of anilines is 1. The van der Waals surface area contributed by atoms with E-state index in [9.17, 15) is 19.2 Å². The Morgan fingerprint density at radius 1 is 1.13 bits per heavy atom. The number of amides is 4. The lowest BCUT2D eigenvalue weighted by Crippen LogP contribution is -2.57. The number of rotatable bonds is 3. The number of nitrogen functional groups attached to an aromatic ring is 1. The molecule has 0 aromatic heterocycles. The van der Waals surface area contributed by atoms with Crippen molar-refractivity contribution in [2.75, 3.05) is 38.6 Å². The minimum atomic E-state index is -0.749. The van der Waals surface area contributed by atoms with Gasteiger partial charge in [0, 0.05) is 49.8 Å². The summed E-state index contributed by atoms with van der Waals surface area (Å²) in [6.07, 6.45) is 1.28. The molecule has 2 N–H and O–H groups in total. The Balaban J connectivity index is 1.28. The first-order valence-corrected chi connectivity index (χ1v) is 10.8. The third-order valence-electron chi connectivity index (χ3n) is 7.03. The van der Waals surface area contributed by atoms with E-state index >= 15 is 0 Å². The molecule has 5 rings (SSSR count). The van der Waals surface area contributed by atoms with Crippen molar-refractivity contribution in [2.24, 2.45) is 11.8 Å². The average molecular weight is 426 g/mol. The molecule has 0 radical (unpaired) electrons. The molecular weight excluding hydrogens is 400 g/mol. The summed E-state index contributed by atoms with van der Waals surface area (Å²) < 4.78 is 5.52. The summed E-state index contributed by atoms with van der Waals surface area (Å²) in [6, 6.07) is 4.39. The van der Waals surface area contributed by atoms with Crippen molar-refractivity contribution >= 4 is 29.3 Å². The molecule has 0 spiro atoms. The highest BCUT2D eigenvalue weighted by Gasteiger charge is 2.44. The third kappa shape index (κ3) is 3.46. The zero-order valence-electron chi connectivity index (χ0n) is 17.3. The maximum atomic E-state index is 13.2. The molecule has 3 saturated heterocycles. The molecule has 164 valence electrons. The largest absolute Gasteiger partial charge is 0.399 e. The predicted molar refractivity (Wildman–Crippen MR) is 109 cm³/mol. The van der Waals surface area contributed by atoms with E-state index in [2.05, 4.69) is 0 Å².